The quantitative estimate of drug-likeness (QED) is 0.404. The Kier molecular flexibility index (Phi) is 7.25. The van der Waals surface area contributed by atoms with Gasteiger partial charge in [0.1, 0.15) is 11.8 Å². The van der Waals surface area contributed by atoms with E-state index in [2.05, 4.69) is 0 Å². The van der Waals surface area contributed by atoms with Gasteiger partial charge in [0.05, 0.1) is 35.4 Å². The second kappa shape index (κ2) is 10.6. The molecule has 3 amide bonds. The van der Waals surface area contributed by atoms with E-state index in [1.807, 2.05) is 0 Å². The molecule has 3 atom stereocenters. The largest absolute Gasteiger partial charge is 0.416 e. The molecule has 3 aliphatic rings. The van der Waals surface area contributed by atoms with Gasteiger partial charge in [0, 0.05) is 28.9 Å². The van der Waals surface area contributed by atoms with Crippen LogP contribution in [0.3, 0.4) is 0 Å². The molecule has 0 spiro atoms. The van der Waals surface area contributed by atoms with Crippen molar-refractivity contribution in [1.82, 2.24) is 9.47 Å². The highest BCUT2D eigenvalue weighted by Gasteiger charge is 2.57. The maximum Gasteiger partial charge on any atom is 0.416 e. The van der Waals surface area contributed by atoms with E-state index < -0.39 is 45.5 Å². The molecule has 6 rings (SSSR count). The van der Waals surface area contributed by atoms with Crippen molar-refractivity contribution in [1.29, 1.82) is 0 Å². The number of hydrogen-bond acceptors (Lipinski definition) is 7. The van der Waals surface area contributed by atoms with Crippen molar-refractivity contribution in [3.8, 4) is 0 Å². The number of fused-ring (bicyclic) bond motifs is 2. The second-order valence-electron chi connectivity index (χ2n) is 9.77. The summed E-state index contributed by atoms with van der Waals surface area (Å²) < 4.78 is 47.0. The molecule has 41 heavy (non-hydrogen) atoms. The molecule has 3 unspecified atom stereocenters. The summed E-state index contributed by atoms with van der Waals surface area (Å²) in [6, 6.07) is 10.7. The van der Waals surface area contributed by atoms with Crippen molar-refractivity contribution >= 4 is 58.1 Å². The number of thiazole rings is 1. The minimum absolute atomic E-state index is 0.178. The first kappa shape index (κ1) is 28.0. The molecule has 0 saturated carbocycles. The topological polar surface area (TPSA) is 88.9 Å². The van der Waals surface area contributed by atoms with Gasteiger partial charge < -0.3 is 9.64 Å². The number of alkyl halides is 3. The molecule has 3 aliphatic heterocycles. The van der Waals surface area contributed by atoms with Crippen LogP contribution in [0.15, 0.2) is 58.4 Å². The number of rotatable bonds is 4. The van der Waals surface area contributed by atoms with Crippen molar-refractivity contribution in [3.05, 3.63) is 79.2 Å². The normalized spacial score (nSPS) is 22.6. The Morgan fingerprint density at radius 3 is 2.41 bits per heavy atom. The third-order valence-corrected chi connectivity index (χ3v) is 10.2. The standard InChI is InChI=1S/C27H21ClF3N3O5S2/c28-16-6-4-14(5-7-16)19-20-21(24(37)34(23(20)36)17-3-1-2-15(12-17)27(29,30)31)40-25-22(19)41-26(38)33(25)13-18(35)32-8-10-39-11-9-32/h1-7,12,19-21H,8-11,13H2. The van der Waals surface area contributed by atoms with Crippen molar-refractivity contribution < 1.29 is 32.3 Å². The molecule has 2 fully saturated rings. The monoisotopic (exact) mass is 623 g/mol. The lowest BCUT2D eigenvalue weighted by atomic mass is 9.83. The van der Waals surface area contributed by atoms with Gasteiger partial charge in [-0.2, -0.15) is 13.2 Å². The number of ether oxygens (including phenoxy) is 1. The fourth-order valence-corrected chi connectivity index (χ4v) is 8.31. The molecule has 4 heterocycles. The molecule has 0 bridgehead atoms. The van der Waals surface area contributed by atoms with Gasteiger partial charge in [-0.3, -0.25) is 23.7 Å². The van der Waals surface area contributed by atoms with Crippen LogP contribution in [-0.4, -0.2) is 58.7 Å². The van der Waals surface area contributed by atoms with E-state index in [4.69, 9.17) is 16.3 Å². The van der Waals surface area contributed by atoms with Crippen LogP contribution in [0.25, 0.3) is 0 Å². The Labute approximate surface area is 244 Å². The fourth-order valence-electron chi connectivity index (χ4n) is 5.41. The minimum atomic E-state index is -4.66. The van der Waals surface area contributed by atoms with Crippen molar-refractivity contribution in [3.63, 3.8) is 0 Å². The van der Waals surface area contributed by atoms with Gasteiger partial charge in [-0.05, 0) is 35.9 Å². The third-order valence-electron chi connectivity index (χ3n) is 7.37. The van der Waals surface area contributed by atoms with Gasteiger partial charge in [0.15, 0.2) is 0 Å². The first-order chi connectivity index (χ1) is 19.5. The molecule has 0 N–H and O–H groups in total. The Morgan fingerprint density at radius 2 is 1.73 bits per heavy atom. The van der Waals surface area contributed by atoms with Crippen LogP contribution in [0.5, 0.6) is 0 Å². The van der Waals surface area contributed by atoms with Crippen molar-refractivity contribution in [2.24, 2.45) is 5.92 Å². The molecule has 3 aromatic rings. The lowest BCUT2D eigenvalue weighted by Crippen LogP contribution is -2.43. The second-order valence-corrected chi connectivity index (χ2v) is 12.3. The lowest BCUT2D eigenvalue weighted by molar-refractivity contribution is -0.138. The van der Waals surface area contributed by atoms with Gasteiger partial charge in [-0.15, -0.1) is 0 Å². The maximum absolute atomic E-state index is 13.9. The zero-order valence-corrected chi connectivity index (χ0v) is 23.5. The summed E-state index contributed by atoms with van der Waals surface area (Å²) >= 11 is 8.00. The fraction of sp³-hybridized carbons (Fsp3) is 0.333. The molecule has 8 nitrogen and oxygen atoms in total. The minimum Gasteiger partial charge on any atom is -0.378 e. The number of nitrogens with zero attached hydrogens (tertiary/aromatic N) is 3. The highest BCUT2D eigenvalue weighted by Crippen LogP contribution is 2.54. The number of hydrogen-bond donors (Lipinski definition) is 0. The number of thioether (sulfide) groups is 1. The summed E-state index contributed by atoms with van der Waals surface area (Å²) in [5.41, 5.74) is -0.546. The van der Waals surface area contributed by atoms with Crippen LogP contribution in [-0.2, 0) is 31.8 Å². The third kappa shape index (κ3) is 4.98. The van der Waals surface area contributed by atoms with E-state index >= 15 is 0 Å². The zero-order valence-electron chi connectivity index (χ0n) is 21.1. The number of carbonyl (C=O) groups excluding carboxylic acids is 3. The first-order valence-electron chi connectivity index (χ1n) is 12.6. The van der Waals surface area contributed by atoms with Crippen LogP contribution >= 0.6 is 34.7 Å². The predicted molar refractivity (Wildman–Crippen MR) is 146 cm³/mol. The molecular weight excluding hydrogens is 603 g/mol. The average molecular weight is 624 g/mol. The molecule has 214 valence electrons. The Hall–Kier alpha value is -3.13. The number of imide groups is 1. The number of morpholine rings is 1. The maximum atomic E-state index is 13.9. The molecule has 2 aromatic carbocycles. The Balaban J connectivity index is 1.43. The van der Waals surface area contributed by atoms with E-state index in [1.165, 1.54) is 10.6 Å². The zero-order chi connectivity index (χ0) is 29.1. The highest BCUT2D eigenvalue weighted by molar-refractivity contribution is 8.00. The van der Waals surface area contributed by atoms with Gasteiger partial charge in [0.2, 0.25) is 17.7 Å². The molecular formula is C27H21ClF3N3O5S2. The summed E-state index contributed by atoms with van der Waals surface area (Å²) in [5, 5.41) is -0.184. The van der Waals surface area contributed by atoms with Crippen molar-refractivity contribution in [2.45, 2.75) is 28.9 Å². The Morgan fingerprint density at radius 1 is 1.02 bits per heavy atom. The number of carbonyl (C=O) groups is 3. The molecule has 1 aromatic heterocycles. The molecule has 2 saturated heterocycles. The van der Waals surface area contributed by atoms with Crippen LogP contribution < -0.4 is 9.77 Å². The SMILES string of the molecule is O=C(Cn1c2c(sc1=O)C(c1ccc(Cl)cc1)C1C(=O)N(c3cccc(C(F)(F)F)c3)C(=O)C1S2)N1CCOCC1. The van der Waals surface area contributed by atoms with Crippen LogP contribution in [0.1, 0.15) is 21.9 Å². The summed E-state index contributed by atoms with van der Waals surface area (Å²) in [6.45, 7) is 1.32. The molecule has 0 radical (unpaired) electrons. The van der Waals surface area contributed by atoms with Crippen molar-refractivity contribution in [2.75, 3.05) is 31.2 Å². The smallest absolute Gasteiger partial charge is 0.378 e. The number of amides is 3. The van der Waals surface area contributed by atoms with Gasteiger partial charge >= 0.3 is 11.0 Å². The van der Waals surface area contributed by atoms with Gasteiger partial charge in [0.25, 0.3) is 0 Å². The van der Waals surface area contributed by atoms with E-state index in [0.29, 0.717) is 46.8 Å². The van der Waals surface area contributed by atoms with Crippen LogP contribution in [0.4, 0.5) is 18.9 Å². The Bertz CT molecular complexity index is 1600. The van der Waals surface area contributed by atoms with Gasteiger partial charge in [-0.25, -0.2) is 4.90 Å². The number of benzene rings is 2. The molecule has 14 heteroatoms. The summed E-state index contributed by atoms with van der Waals surface area (Å²) in [5.74, 6) is -3.36. The predicted octanol–water partition coefficient (Wildman–Crippen LogP) is 4.24. The van der Waals surface area contributed by atoms with E-state index in [9.17, 15) is 32.3 Å². The van der Waals surface area contributed by atoms with Crippen LogP contribution in [0, 0.1) is 5.92 Å². The van der Waals surface area contributed by atoms with E-state index in [0.717, 1.165) is 46.2 Å². The highest BCUT2D eigenvalue weighted by atomic mass is 35.5. The summed E-state index contributed by atoms with van der Waals surface area (Å²) in [7, 11) is 0. The number of anilines is 1. The average Bonchev–Trinajstić information content (AvgIpc) is 3.39. The first-order valence-corrected chi connectivity index (χ1v) is 14.7. The van der Waals surface area contributed by atoms with E-state index in [-0.39, 0.29) is 18.1 Å². The van der Waals surface area contributed by atoms with Gasteiger partial charge in [-0.1, -0.05) is 52.9 Å². The van der Waals surface area contributed by atoms with Crippen LogP contribution in [0.2, 0.25) is 5.02 Å². The number of aromatic nitrogens is 1. The lowest BCUT2D eigenvalue weighted by Gasteiger charge is -2.31. The number of halogens is 4. The summed E-state index contributed by atoms with van der Waals surface area (Å²) in [4.78, 5) is 56.4. The summed E-state index contributed by atoms with van der Waals surface area (Å²) in [6.07, 6.45) is -4.66. The molecule has 0 aliphatic carbocycles. The van der Waals surface area contributed by atoms with E-state index in [1.54, 1.807) is 29.2 Å².